The minimum atomic E-state index is -0.305. The van der Waals surface area contributed by atoms with Crippen molar-refractivity contribution in [2.75, 3.05) is 7.11 Å². The van der Waals surface area contributed by atoms with Gasteiger partial charge in [0.05, 0.1) is 13.5 Å². The van der Waals surface area contributed by atoms with Crippen molar-refractivity contribution >= 4 is 17.6 Å². The zero-order valence-corrected chi connectivity index (χ0v) is 9.21. The zero-order valence-electron chi connectivity index (χ0n) is 9.21. The minimum absolute atomic E-state index is 0.201. The first-order valence-electron chi connectivity index (χ1n) is 5.00. The molecule has 0 aliphatic carbocycles. The molecule has 2 aromatic heterocycles. The summed E-state index contributed by atoms with van der Waals surface area (Å²) < 4.78 is 5.99. The largest absolute Gasteiger partial charge is 0.469 e. The molecular formula is C11H11N3O3. The molecule has 1 N–H and O–H groups in total. The number of fused-ring (bicyclic) bond motifs is 1. The number of H-pyrrole nitrogens is 1. The number of esters is 1. The van der Waals surface area contributed by atoms with Crippen LogP contribution in [0, 0.1) is 0 Å². The van der Waals surface area contributed by atoms with Gasteiger partial charge < -0.3 is 9.72 Å². The average molecular weight is 233 g/mol. The predicted molar refractivity (Wildman–Crippen MR) is 61.5 cm³/mol. The van der Waals surface area contributed by atoms with Crippen molar-refractivity contribution in [2.24, 2.45) is 0 Å². The summed E-state index contributed by atoms with van der Waals surface area (Å²) in [7, 11) is 1.34. The van der Waals surface area contributed by atoms with Crippen LogP contribution in [0.1, 0.15) is 12.0 Å². The number of aromatic nitrogens is 3. The molecule has 2 heterocycles. The lowest BCUT2D eigenvalue weighted by molar-refractivity contribution is -0.139. The Morgan fingerprint density at radius 3 is 3.18 bits per heavy atom. The number of ether oxygens (including phenoxy) is 1. The number of aromatic amines is 1. The molecule has 0 radical (unpaired) electrons. The molecular weight excluding hydrogens is 222 g/mol. The Labute approximate surface area is 96.5 Å². The fourth-order valence-corrected chi connectivity index (χ4v) is 1.43. The molecule has 0 unspecified atom stereocenters. The fourth-order valence-electron chi connectivity index (χ4n) is 1.43. The Balaban J connectivity index is 2.23. The molecule has 6 heteroatoms. The van der Waals surface area contributed by atoms with Crippen LogP contribution in [0.25, 0.3) is 11.6 Å². The van der Waals surface area contributed by atoms with Gasteiger partial charge in [0.1, 0.15) is 11.8 Å². The fraction of sp³-hybridized carbons (Fsp3) is 0.182. The van der Waals surface area contributed by atoms with Crippen LogP contribution in [-0.2, 0) is 9.53 Å². The lowest BCUT2D eigenvalue weighted by Gasteiger charge is -1.90. The Morgan fingerprint density at radius 1 is 1.65 bits per heavy atom. The van der Waals surface area contributed by atoms with Crippen LogP contribution in [0.2, 0.25) is 0 Å². The number of hydrogen-bond acceptors (Lipinski definition) is 4. The Bertz CT molecular complexity index is 624. The molecule has 0 amide bonds. The summed E-state index contributed by atoms with van der Waals surface area (Å²) in [5.41, 5.74) is 1.07. The van der Waals surface area contributed by atoms with Gasteiger partial charge in [0, 0.05) is 6.20 Å². The van der Waals surface area contributed by atoms with Crippen LogP contribution in [0.3, 0.4) is 0 Å². The third-order valence-corrected chi connectivity index (χ3v) is 2.25. The predicted octanol–water partition coefficient (Wildman–Crippen LogP) is 0.599. The first-order chi connectivity index (χ1) is 8.20. The molecule has 0 atom stereocenters. The van der Waals surface area contributed by atoms with Gasteiger partial charge in [0.2, 0.25) is 0 Å². The van der Waals surface area contributed by atoms with Gasteiger partial charge in [0.25, 0.3) is 5.56 Å². The quantitative estimate of drug-likeness (QED) is 0.787. The van der Waals surface area contributed by atoms with E-state index in [0.717, 1.165) is 5.56 Å². The van der Waals surface area contributed by atoms with Crippen molar-refractivity contribution in [1.29, 1.82) is 0 Å². The molecule has 0 spiro atoms. The second-order valence-corrected chi connectivity index (χ2v) is 3.40. The van der Waals surface area contributed by atoms with E-state index in [-0.39, 0.29) is 17.9 Å². The number of rotatable bonds is 3. The zero-order chi connectivity index (χ0) is 12.3. The van der Waals surface area contributed by atoms with E-state index in [2.05, 4.69) is 14.8 Å². The SMILES string of the molecule is COC(=O)CC=Cc1cc2c(=O)[nH]cnn2c1. The summed E-state index contributed by atoms with van der Waals surface area (Å²) >= 11 is 0. The van der Waals surface area contributed by atoms with Crippen molar-refractivity contribution < 1.29 is 9.53 Å². The second kappa shape index (κ2) is 4.65. The van der Waals surface area contributed by atoms with E-state index in [4.69, 9.17) is 0 Å². The third-order valence-electron chi connectivity index (χ3n) is 2.25. The summed E-state index contributed by atoms with van der Waals surface area (Å²) in [6.07, 6.45) is 6.65. The van der Waals surface area contributed by atoms with Gasteiger partial charge >= 0.3 is 5.97 Å². The molecule has 0 aliphatic rings. The van der Waals surface area contributed by atoms with Gasteiger partial charge in [-0.25, -0.2) is 4.52 Å². The Morgan fingerprint density at radius 2 is 2.47 bits per heavy atom. The third kappa shape index (κ3) is 2.41. The second-order valence-electron chi connectivity index (χ2n) is 3.40. The van der Waals surface area contributed by atoms with E-state index in [0.29, 0.717) is 5.52 Å². The number of carbonyl (C=O) groups is 1. The maximum absolute atomic E-state index is 11.4. The van der Waals surface area contributed by atoms with Gasteiger partial charge in [-0.3, -0.25) is 9.59 Å². The molecule has 2 aromatic rings. The van der Waals surface area contributed by atoms with Gasteiger partial charge in [0.15, 0.2) is 0 Å². The summed E-state index contributed by atoms with van der Waals surface area (Å²) in [6, 6.07) is 1.69. The van der Waals surface area contributed by atoms with E-state index in [1.165, 1.54) is 18.0 Å². The highest BCUT2D eigenvalue weighted by Crippen LogP contribution is 2.06. The van der Waals surface area contributed by atoms with E-state index >= 15 is 0 Å². The van der Waals surface area contributed by atoms with Gasteiger partial charge in [-0.1, -0.05) is 12.2 Å². The summed E-state index contributed by atoms with van der Waals surface area (Å²) in [6.45, 7) is 0. The molecule has 88 valence electrons. The lowest BCUT2D eigenvalue weighted by atomic mass is 10.2. The summed E-state index contributed by atoms with van der Waals surface area (Å²) in [5, 5.41) is 3.96. The molecule has 0 aromatic carbocycles. The van der Waals surface area contributed by atoms with Crippen molar-refractivity contribution in [3.05, 3.63) is 40.6 Å². The normalized spacial score (nSPS) is 11.1. The smallest absolute Gasteiger partial charge is 0.309 e. The number of methoxy groups -OCH3 is 1. The van der Waals surface area contributed by atoms with E-state index in [1.807, 2.05) is 0 Å². The van der Waals surface area contributed by atoms with Crippen molar-refractivity contribution in [1.82, 2.24) is 14.6 Å². The summed E-state index contributed by atoms with van der Waals surface area (Å²) in [4.78, 5) is 24.8. The van der Waals surface area contributed by atoms with E-state index in [1.54, 1.807) is 24.4 Å². The van der Waals surface area contributed by atoms with E-state index in [9.17, 15) is 9.59 Å². The molecule has 0 saturated carbocycles. The monoisotopic (exact) mass is 233 g/mol. The Kier molecular flexibility index (Phi) is 3.04. The number of nitrogens with zero attached hydrogens (tertiary/aromatic N) is 2. The molecule has 0 saturated heterocycles. The van der Waals surface area contributed by atoms with Crippen LogP contribution < -0.4 is 5.56 Å². The average Bonchev–Trinajstić information content (AvgIpc) is 2.73. The molecule has 0 bridgehead atoms. The molecule has 2 rings (SSSR count). The van der Waals surface area contributed by atoms with E-state index < -0.39 is 0 Å². The highest BCUT2D eigenvalue weighted by Gasteiger charge is 2.01. The van der Waals surface area contributed by atoms with Crippen molar-refractivity contribution in [3.63, 3.8) is 0 Å². The highest BCUT2D eigenvalue weighted by atomic mass is 16.5. The van der Waals surface area contributed by atoms with Crippen LogP contribution in [0.15, 0.2) is 29.5 Å². The standard InChI is InChI=1S/C11H11N3O3/c1-17-10(15)4-2-3-8-5-9-11(16)12-7-13-14(9)6-8/h2-3,5-7H,4H2,1H3,(H,12,13,16). The molecule has 17 heavy (non-hydrogen) atoms. The van der Waals surface area contributed by atoms with Crippen LogP contribution >= 0.6 is 0 Å². The topological polar surface area (TPSA) is 76.5 Å². The minimum Gasteiger partial charge on any atom is -0.469 e. The highest BCUT2D eigenvalue weighted by molar-refractivity contribution is 5.72. The molecule has 0 aliphatic heterocycles. The first-order valence-corrected chi connectivity index (χ1v) is 5.00. The van der Waals surface area contributed by atoms with Gasteiger partial charge in [-0.15, -0.1) is 0 Å². The van der Waals surface area contributed by atoms with Gasteiger partial charge in [-0.05, 0) is 11.6 Å². The van der Waals surface area contributed by atoms with Crippen LogP contribution in [0.4, 0.5) is 0 Å². The molecule has 0 fully saturated rings. The van der Waals surface area contributed by atoms with Gasteiger partial charge in [-0.2, -0.15) is 5.10 Å². The van der Waals surface area contributed by atoms with Crippen LogP contribution in [-0.4, -0.2) is 27.7 Å². The van der Waals surface area contributed by atoms with Crippen molar-refractivity contribution in [3.8, 4) is 0 Å². The van der Waals surface area contributed by atoms with Crippen molar-refractivity contribution in [2.45, 2.75) is 6.42 Å². The number of hydrogen-bond donors (Lipinski definition) is 1. The molecule has 6 nitrogen and oxygen atoms in total. The van der Waals surface area contributed by atoms with Crippen LogP contribution in [0.5, 0.6) is 0 Å². The first kappa shape index (κ1) is 11.1. The number of nitrogens with one attached hydrogen (secondary N) is 1. The Hall–Kier alpha value is -2.37. The maximum atomic E-state index is 11.4. The summed E-state index contributed by atoms with van der Waals surface area (Å²) in [5.74, 6) is -0.305. The maximum Gasteiger partial charge on any atom is 0.309 e. The lowest BCUT2D eigenvalue weighted by Crippen LogP contribution is -2.09. The number of carbonyl (C=O) groups excluding carboxylic acids is 1.